The number of carbonyl (C=O) groups excluding carboxylic acids is 1. The minimum absolute atomic E-state index is 0.163. The molecule has 4 nitrogen and oxygen atoms in total. The lowest BCUT2D eigenvalue weighted by Crippen LogP contribution is -2.01. The molecule has 0 amide bonds. The minimum Gasteiger partial charge on any atom is -0.306 e. The molecule has 0 N–H and O–H groups in total. The van der Waals surface area contributed by atoms with E-state index in [4.69, 9.17) is 0 Å². The highest BCUT2D eigenvalue weighted by atomic mass is 19.1. The molecule has 138 valence electrons. The number of halogens is 3. The van der Waals surface area contributed by atoms with Crippen LogP contribution in [-0.4, -0.2) is 20.3 Å². The molecular weight excluding hydrogens is 367 g/mol. The normalized spacial score (nSPS) is 10.8. The molecule has 4 rings (SSSR count). The molecule has 2 aromatic heterocycles. The number of aromatic nitrogens is 3. The molecule has 0 bridgehead atoms. The van der Waals surface area contributed by atoms with Gasteiger partial charge in [-0.3, -0.25) is 4.79 Å². The second kappa shape index (κ2) is 7.11. The maximum absolute atomic E-state index is 14.0. The van der Waals surface area contributed by atoms with Crippen LogP contribution in [0.15, 0.2) is 73.3 Å². The molecule has 0 aliphatic rings. The minimum atomic E-state index is -0.907. The van der Waals surface area contributed by atoms with Crippen molar-refractivity contribution in [3.63, 3.8) is 0 Å². The van der Waals surface area contributed by atoms with Gasteiger partial charge < -0.3 is 4.57 Å². The Labute approximate surface area is 157 Å². The summed E-state index contributed by atoms with van der Waals surface area (Å²) in [6, 6.07) is 12.7. The molecule has 4 aromatic rings. The third kappa shape index (κ3) is 3.29. The van der Waals surface area contributed by atoms with E-state index in [2.05, 4.69) is 9.97 Å². The Bertz CT molecular complexity index is 1150. The first-order valence-electron chi connectivity index (χ1n) is 8.28. The summed E-state index contributed by atoms with van der Waals surface area (Å²) in [5.74, 6) is -2.43. The summed E-state index contributed by atoms with van der Waals surface area (Å²) in [5, 5.41) is 0. The molecule has 0 fully saturated rings. The number of pyridine rings is 1. The highest BCUT2D eigenvalue weighted by Gasteiger charge is 2.15. The first-order valence-corrected chi connectivity index (χ1v) is 8.28. The van der Waals surface area contributed by atoms with Crippen LogP contribution in [0.2, 0.25) is 0 Å². The molecule has 0 radical (unpaired) electrons. The van der Waals surface area contributed by atoms with Crippen LogP contribution in [0.1, 0.15) is 16.1 Å². The van der Waals surface area contributed by atoms with Crippen molar-refractivity contribution in [1.29, 1.82) is 0 Å². The maximum atomic E-state index is 14.0. The van der Waals surface area contributed by atoms with Crippen molar-refractivity contribution in [1.82, 2.24) is 14.5 Å². The Morgan fingerprint density at radius 2 is 1.71 bits per heavy atom. The van der Waals surface area contributed by atoms with Crippen LogP contribution in [-0.2, 0) is 0 Å². The summed E-state index contributed by atoms with van der Waals surface area (Å²) in [5.41, 5.74) is 1.11. The van der Waals surface area contributed by atoms with E-state index in [1.807, 2.05) is 0 Å². The van der Waals surface area contributed by atoms with Crippen LogP contribution in [0.5, 0.6) is 0 Å². The third-order valence-electron chi connectivity index (χ3n) is 4.21. The number of carbonyl (C=O) groups is 1. The van der Waals surface area contributed by atoms with Crippen LogP contribution in [0.4, 0.5) is 13.2 Å². The van der Waals surface area contributed by atoms with Gasteiger partial charge in [-0.2, -0.15) is 4.39 Å². The first kappa shape index (κ1) is 17.7. The smallest absolute Gasteiger partial charge is 0.223 e. The molecule has 7 heteroatoms. The van der Waals surface area contributed by atoms with Gasteiger partial charge in [0.2, 0.25) is 11.7 Å². The number of imidazole rings is 1. The van der Waals surface area contributed by atoms with Gasteiger partial charge in [-0.05, 0) is 48.0 Å². The summed E-state index contributed by atoms with van der Waals surface area (Å²) < 4.78 is 42.6. The van der Waals surface area contributed by atoms with Gasteiger partial charge in [-0.15, -0.1) is 0 Å². The molecule has 0 aliphatic heterocycles. The average molecular weight is 379 g/mol. The van der Waals surface area contributed by atoms with E-state index in [1.54, 1.807) is 28.8 Å². The SMILES string of the molecule is O=C(c1ccc(F)cc1)c1cn(-c2cccc(-c3c(F)ccnc3F)c2)cn1. The van der Waals surface area contributed by atoms with E-state index in [1.165, 1.54) is 36.8 Å². The highest BCUT2D eigenvalue weighted by Crippen LogP contribution is 2.26. The van der Waals surface area contributed by atoms with Crippen molar-refractivity contribution in [2.24, 2.45) is 0 Å². The standard InChI is InChI=1S/C21H12F3N3O/c22-15-6-4-13(5-7-15)20(28)18-11-27(12-26-18)16-3-1-2-14(10-16)19-17(23)8-9-25-21(19)24/h1-12H. The fourth-order valence-electron chi connectivity index (χ4n) is 2.82. The predicted octanol–water partition coefficient (Wildman–Crippen LogP) is 4.58. The fourth-order valence-corrected chi connectivity index (χ4v) is 2.82. The lowest BCUT2D eigenvalue weighted by molar-refractivity contribution is 0.103. The molecular formula is C21H12F3N3O. The van der Waals surface area contributed by atoms with Crippen LogP contribution in [0.25, 0.3) is 16.8 Å². The van der Waals surface area contributed by atoms with E-state index in [-0.39, 0.29) is 17.0 Å². The zero-order valence-electron chi connectivity index (χ0n) is 14.3. The van der Waals surface area contributed by atoms with Crippen molar-refractivity contribution in [3.05, 3.63) is 102 Å². The maximum Gasteiger partial charge on any atom is 0.223 e. The van der Waals surface area contributed by atoms with Gasteiger partial charge >= 0.3 is 0 Å². The Balaban J connectivity index is 1.68. The molecule has 0 spiro atoms. The second-order valence-electron chi connectivity index (χ2n) is 6.01. The van der Waals surface area contributed by atoms with Crippen molar-refractivity contribution >= 4 is 5.78 Å². The van der Waals surface area contributed by atoms with Crippen LogP contribution < -0.4 is 0 Å². The van der Waals surface area contributed by atoms with E-state index in [0.29, 0.717) is 16.8 Å². The van der Waals surface area contributed by atoms with Crippen molar-refractivity contribution in [3.8, 4) is 16.8 Å². The lowest BCUT2D eigenvalue weighted by atomic mass is 10.1. The molecule has 2 heterocycles. The largest absolute Gasteiger partial charge is 0.306 e. The molecule has 0 unspecified atom stereocenters. The van der Waals surface area contributed by atoms with Crippen LogP contribution in [0.3, 0.4) is 0 Å². The Morgan fingerprint density at radius 1 is 0.929 bits per heavy atom. The fraction of sp³-hybridized carbons (Fsp3) is 0. The number of nitrogens with zero attached hydrogens (tertiary/aromatic N) is 3. The van der Waals surface area contributed by atoms with Gasteiger partial charge in [0.1, 0.15) is 23.7 Å². The monoisotopic (exact) mass is 379 g/mol. The summed E-state index contributed by atoms with van der Waals surface area (Å²) in [6.45, 7) is 0. The summed E-state index contributed by atoms with van der Waals surface area (Å²) in [4.78, 5) is 20.1. The second-order valence-corrected chi connectivity index (χ2v) is 6.01. The molecule has 28 heavy (non-hydrogen) atoms. The Hall–Kier alpha value is -3.74. The molecule has 2 aromatic carbocycles. The summed E-state index contributed by atoms with van der Waals surface area (Å²) in [6.07, 6.45) is 3.98. The molecule has 0 atom stereocenters. The predicted molar refractivity (Wildman–Crippen MR) is 96.5 cm³/mol. The Kier molecular flexibility index (Phi) is 4.49. The van der Waals surface area contributed by atoms with E-state index in [0.717, 1.165) is 12.3 Å². The van der Waals surface area contributed by atoms with Crippen molar-refractivity contribution < 1.29 is 18.0 Å². The lowest BCUT2D eigenvalue weighted by Gasteiger charge is -2.07. The zero-order valence-corrected chi connectivity index (χ0v) is 14.3. The number of rotatable bonds is 4. The number of hydrogen-bond acceptors (Lipinski definition) is 3. The average Bonchev–Trinajstić information content (AvgIpc) is 3.18. The first-order chi connectivity index (χ1) is 13.5. The van der Waals surface area contributed by atoms with Gasteiger partial charge in [0.15, 0.2) is 0 Å². The van der Waals surface area contributed by atoms with Gasteiger partial charge in [0.25, 0.3) is 0 Å². The molecule has 0 saturated heterocycles. The van der Waals surface area contributed by atoms with Crippen LogP contribution in [0, 0.1) is 17.6 Å². The van der Waals surface area contributed by atoms with E-state index < -0.39 is 17.6 Å². The molecule has 0 saturated carbocycles. The number of benzene rings is 2. The van der Waals surface area contributed by atoms with Gasteiger partial charge in [-0.1, -0.05) is 12.1 Å². The van der Waals surface area contributed by atoms with Crippen molar-refractivity contribution in [2.45, 2.75) is 0 Å². The van der Waals surface area contributed by atoms with E-state index in [9.17, 15) is 18.0 Å². The Morgan fingerprint density at radius 3 is 2.46 bits per heavy atom. The number of hydrogen-bond donors (Lipinski definition) is 0. The van der Waals surface area contributed by atoms with Crippen molar-refractivity contribution in [2.75, 3.05) is 0 Å². The van der Waals surface area contributed by atoms with Crippen LogP contribution >= 0.6 is 0 Å². The third-order valence-corrected chi connectivity index (χ3v) is 4.21. The number of ketones is 1. The van der Waals surface area contributed by atoms with E-state index >= 15 is 0 Å². The highest BCUT2D eigenvalue weighted by molar-refractivity contribution is 6.07. The van der Waals surface area contributed by atoms with Gasteiger partial charge in [0, 0.05) is 23.6 Å². The zero-order chi connectivity index (χ0) is 19.7. The summed E-state index contributed by atoms with van der Waals surface area (Å²) in [7, 11) is 0. The topological polar surface area (TPSA) is 47.8 Å². The quantitative estimate of drug-likeness (QED) is 0.385. The summed E-state index contributed by atoms with van der Waals surface area (Å²) >= 11 is 0. The van der Waals surface area contributed by atoms with Gasteiger partial charge in [0.05, 0.1) is 5.56 Å². The van der Waals surface area contributed by atoms with Gasteiger partial charge in [-0.25, -0.2) is 18.7 Å². The molecule has 0 aliphatic carbocycles.